The fourth-order valence-electron chi connectivity index (χ4n) is 1.36. The standard InChI is InChI=1S/C11H16N2O4/c1-12(8-11(15)16)7-10(14)13(2)6-9-4-3-5-17-9/h3-5H,6-8H2,1-2H3,(H,15,16). The summed E-state index contributed by atoms with van der Waals surface area (Å²) >= 11 is 0. The van der Waals surface area contributed by atoms with Gasteiger partial charge in [-0.2, -0.15) is 0 Å². The molecule has 0 fully saturated rings. The second kappa shape index (κ2) is 6.05. The van der Waals surface area contributed by atoms with E-state index in [1.165, 1.54) is 9.80 Å². The van der Waals surface area contributed by atoms with E-state index in [0.29, 0.717) is 12.3 Å². The molecule has 0 radical (unpaired) electrons. The Balaban J connectivity index is 2.39. The lowest BCUT2D eigenvalue weighted by molar-refractivity contribution is -0.139. The van der Waals surface area contributed by atoms with Crippen molar-refractivity contribution < 1.29 is 19.1 Å². The Kier molecular flexibility index (Phi) is 4.71. The summed E-state index contributed by atoms with van der Waals surface area (Å²) < 4.78 is 5.12. The van der Waals surface area contributed by atoms with Gasteiger partial charge >= 0.3 is 5.97 Å². The normalized spacial score (nSPS) is 10.5. The molecule has 1 aromatic rings. The number of carbonyl (C=O) groups excluding carboxylic acids is 1. The minimum atomic E-state index is -0.950. The number of amides is 1. The Hall–Kier alpha value is -1.82. The van der Waals surface area contributed by atoms with Gasteiger partial charge in [0.1, 0.15) is 5.76 Å². The number of likely N-dealkylation sites (N-methyl/N-ethyl adjacent to an activating group) is 2. The molecule has 17 heavy (non-hydrogen) atoms. The van der Waals surface area contributed by atoms with Gasteiger partial charge in [0.2, 0.25) is 5.91 Å². The van der Waals surface area contributed by atoms with Crippen molar-refractivity contribution in [1.82, 2.24) is 9.80 Å². The highest BCUT2D eigenvalue weighted by Gasteiger charge is 2.14. The zero-order valence-corrected chi connectivity index (χ0v) is 9.92. The summed E-state index contributed by atoms with van der Waals surface area (Å²) in [6, 6.07) is 3.54. The Bertz CT molecular complexity index is 375. The highest BCUT2D eigenvalue weighted by atomic mass is 16.4. The van der Waals surface area contributed by atoms with Gasteiger partial charge in [0, 0.05) is 7.05 Å². The maximum Gasteiger partial charge on any atom is 0.317 e. The number of hydrogen-bond donors (Lipinski definition) is 1. The van der Waals surface area contributed by atoms with Gasteiger partial charge < -0.3 is 14.4 Å². The minimum absolute atomic E-state index is 0.0729. The van der Waals surface area contributed by atoms with Gasteiger partial charge in [0.05, 0.1) is 25.9 Å². The molecule has 94 valence electrons. The number of furan rings is 1. The number of hydrogen-bond acceptors (Lipinski definition) is 4. The van der Waals surface area contributed by atoms with E-state index in [2.05, 4.69) is 0 Å². The molecule has 0 unspecified atom stereocenters. The van der Waals surface area contributed by atoms with Crippen LogP contribution in [-0.4, -0.2) is 54.0 Å². The maximum absolute atomic E-state index is 11.7. The quantitative estimate of drug-likeness (QED) is 0.771. The predicted molar refractivity (Wildman–Crippen MR) is 60.3 cm³/mol. The summed E-state index contributed by atoms with van der Waals surface area (Å²) in [4.78, 5) is 25.1. The molecule has 6 heteroatoms. The smallest absolute Gasteiger partial charge is 0.317 e. The van der Waals surface area contributed by atoms with E-state index < -0.39 is 5.97 Å². The van der Waals surface area contributed by atoms with Crippen LogP contribution in [0.4, 0.5) is 0 Å². The molecule has 0 atom stereocenters. The second-order valence-electron chi connectivity index (χ2n) is 3.90. The molecule has 1 N–H and O–H groups in total. The van der Waals surface area contributed by atoms with Crippen LogP contribution in [0.25, 0.3) is 0 Å². The molecule has 0 aliphatic rings. The Morgan fingerprint density at radius 2 is 2.06 bits per heavy atom. The third kappa shape index (κ3) is 4.69. The second-order valence-corrected chi connectivity index (χ2v) is 3.90. The van der Waals surface area contributed by atoms with Crippen molar-refractivity contribution in [3.05, 3.63) is 24.2 Å². The van der Waals surface area contributed by atoms with Crippen LogP contribution in [0.5, 0.6) is 0 Å². The molecule has 0 aliphatic carbocycles. The Morgan fingerprint density at radius 3 is 2.59 bits per heavy atom. The molecule has 6 nitrogen and oxygen atoms in total. The van der Waals surface area contributed by atoms with E-state index in [1.54, 1.807) is 32.5 Å². The number of carboxylic acid groups (broad SMARTS) is 1. The average molecular weight is 240 g/mol. The highest BCUT2D eigenvalue weighted by molar-refractivity contribution is 5.78. The summed E-state index contributed by atoms with van der Waals surface area (Å²) in [7, 11) is 3.24. The van der Waals surface area contributed by atoms with Crippen LogP contribution in [0.15, 0.2) is 22.8 Å². The van der Waals surface area contributed by atoms with Gasteiger partial charge in [-0.15, -0.1) is 0 Å². The van der Waals surface area contributed by atoms with Crippen LogP contribution >= 0.6 is 0 Å². The van der Waals surface area contributed by atoms with E-state index in [1.807, 2.05) is 0 Å². The van der Waals surface area contributed by atoms with E-state index in [4.69, 9.17) is 9.52 Å². The van der Waals surface area contributed by atoms with Crippen molar-refractivity contribution in [2.45, 2.75) is 6.54 Å². The lowest BCUT2D eigenvalue weighted by Gasteiger charge is -2.19. The first kappa shape index (κ1) is 13.2. The zero-order chi connectivity index (χ0) is 12.8. The molecule has 1 heterocycles. The molecule has 1 rings (SSSR count). The molecule has 0 aromatic carbocycles. The lowest BCUT2D eigenvalue weighted by atomic mass is 10.4. The van der Waals surface area contributed by atoms with Gasteiger partial charge in [-0.1, -0.05) is 0 Å². The fourth-order valence-corrected chi connectivity index (χ4v) is 1.36. The number of carbonyl (C=O) groups is 2. The van der Waals surface area contributed by atoms with Crippen molar-refractivity contribution >= 4 is 11.9 Å². The first-order valence-electron chi connectivity index (χ1n) is 5.15. The van der Waals surface area contributed by atoms with Crippen LogP contribution in [0, 0.1) is 0 Å². The van der Waals surface area contributed by atoms with Gasteiger partial charge in [-0.3, -0.25) is 14.5 Å². The Morgan fingerprint density at radius 1 is 1.35 bits per heavy atom. The van der Waals surface area contributed by atoms with E-state index in [9.17, 15) is 9.59 Å². The van der Waals surface area contributed by atoms with Gasteiger partial charge in [0.25, 0.3) is 0 Å². The number of rotatable bonds is 6. The fraction of sp³-hybridized carbons (Fsp3) is 0.455. The lowest BCUT2D eigenvalue weighted by Crippen LogP contribution is -2.38. The van der Waals surface area contributed by atoms with Crippen molar-refractivity contribution in [1.29, 1.82) is 0 Å². The first-order valence-corrected chi connectivity index (χ1v) is 5.15. The molecular formula is C11H16N2O4. The van der Waals surface area contributed by atoms with Gasteiger partial charge in [-0.25, -0.2) is 0 Å². The molecule has 0 saturated carbocycles. The maximum atomic E-state index is 11.7. The monoisotopic (exact) mass is 240 g/mol. The summed E-state index contributed by atoms with van der Waals surface area (Å²) in [6.07, 6.45) is 1.55. The van der Waals surface area contributed by atoms with Crippen LogP contribution < -0.4 is 0 Å². The zero-order valence-electron chi connectivity index (χ0n) is 9.92. The SMILES string of the molecule is CN(CC(=O)O)CC(=O)N(C)Cc1ccco1. The minimum Gasteiger partial charge on any atom is -0.480 e. The van der Waals surface area contributed by atoms with Crippen LogP contribution in [0.3, 0.4) is 0 Å². The van der Waals surface area contributed by atoms with Gasteiger partial charge in [-0.05, 0) is 19.2 Å². The topological polar surface area (TPSA) is 74.0 Å². The third-order valence-corrected chi connectivity index (χ3v) is 2.21. The average Bonchev–Trinajstić information content (AvgIpc) is 2.68. The Labute approximate surface area is 99.4 Å². The van der Waals surface area contributed by atoms with Crippen molar-refractivity contribution in [3.8, 4) is 0 Å². The number of aliphatic carboxylic acids is 1. The van der Waals surface area contributed by atoms with Crippen molar-refractivity contribution in [2.75, 3.05) is 27.2 Å². The molecule has 0 saturated heterocycles. The molecule has 0 spiro atoms. The number of carboxylic acids is 1. The summed E-state index contributed by atoms with van der Waals surface area (Å²) in [6.45, 7) is 0.302. The first-order chi connectivity index (χ1) is 7.99. The number of nitrogens with zero attached hydrogens (tertiary/aromatic N) is 2. The van der Waals surface area contributed by atoms with Crippen LogP contribution in [0.2, 0.25) is 0 Å². The highest BCUT2D eigenvalue weighted by Crippen LogP contribution is 2.04. The summed E-state index contributed by atoms with van der Waals surface area (Å²) in [5.74, 6) is -0.402. The predicted octanol–water partition coefficient (Wildman–Crippen LogP) is 0.254. The molecule has 0 aliphatic heterocycles. The van der Waals surface area contributed by atoms with Crippen LogP contribution in [-0.2, 0) is 16.1 Å². The van der Waals surface area contributed by atoms with E-state index in [0.717, 1.165) is 0 Å². The van der Waals surface area contributed by atoms with Crippen LogP contribution in [0.1, 0.15) is 5.76 Å². The molecule has 1 aromatic heterocycles. The largest absolute Gasteiger partial charge is 0.480 e. The van der Waals surface area contributed by atoms with Gasteiger partial charge in [0.15, 0.2) is 0 Å². The van der Waals surface area contributed by atoms with E-state index >= 15 is 0 Å². The summed E-state index contributed by atoms with van der Waals surface area (Å²) in [5.41, 5.74) is 0. The summed E-state index contributed by atoms with van der Waals surface area (Å²) in [5, 5.41) is 8.56. The van der Waals surface area contributed by atoms with Crippen molar-refractivity contribution in [3.63, 3.8) is 0 Å². The molecule has 0 bridgehead atoms. The molecular weight excluding hydrogens is 224 g/mol. The molecule has 1 amide bonds. The van der Waals surface area contributed by atoms with Crippen molar-refractivity contribution in [2.24, 2.45) is 0 Å². The third-order valence-electron chi connectivity index (χ3n) is 2.21. The van der Waals surface area contributed by atoms with E-state index in [-0.39, 0.29) is 19.0 Å².